The van der Waals surface area contributed by atoms with Crippen LogP contribution in [0.5, 0.6) is 0 Å². The Bertz CT molecular complexity index is 973. The van der Waals surface area contributed by atoms with Crippen LogP contribution in [0.4, 0.5) is 0 Å². The van der Waals surface area contributed by atoms with E-state index in [9.17, 15) is 9.59 Å². The Morgan fingerprint density at radius 3 is 2.72 bits per heavy atom. The average molecular weight is 419 g/mol. The Labute approximate surface area is 157 Å². The molecule has 0 aliphatic rings. The van der Waals surface area contributed by atoms with E-state index >= 15 is 0 Å². The lowest BCUT2D eigenvalue weighted by atomic mass is 10.2. The normalized spacial score (nSPS) is 10.8. The standard InChI is InChI=1S/C18H15BrN2O3S/c1-2-24-16(22)11-25-18-20-15-9-8-12(19)10-14(15)17(23)21(18)13-6-4-3-5-7-13/h3-10H,2,11H2,1H3. The summed E-state index contributed by atoms with van der Waals surface area (Å²) in [6.07, 6.45) is 0. The molecule has 5 nitrogen and oxygen atoms in total. The number of fused-ring (bicyclic) bond motifs is 1. The summed E-state index contributed by atoms with van der Waals surface area (Å²) in [6, 6.07) is 14.6. The number of esters is 1. The third-order valence-corrected chi connectivity index (χ3v) is 4.84. The lowest BCUT2D eigenvalue weighted by Gasteiger charge is -2.13. The predicted octanol–water partition coefficient (Wildman–Crippen LogP) is 3.80. The van der Waals surface area contributed by atoms with E-state index in [4.69, 9.17) is 4.74 Å². The average Bonchev–Trinajstić information content (AvgIpc) is 2.61. The van der Waals surface area contributed by atoms with E-state index in [0.29, 0.717) is 28.4 Å². The van der Waals surface area contributed by atoms with Gasteiger partial charge in [-0.2, -0.15) is 0 Å². The zero-order chi connectivity index (χ0) is 17.8. The molecule has 0 amide bonds. The molecule has 0 aliphatic carbocycles. The summed E-state index contributed by atoms with van der Waals surface area (Å²) in [5.74, 6) is -0.243. The Kier molecular flexibility index (Phi) is 5.55. The maximum Gasteiger partial charge on any atom is 0.316 e. The molecule has 0 unspecified atom stereocenters. The SMILES string of the molecule is CCOC(=O)CSc1nc2ccc(Br)cc2c(=O)n1-c1ccccc1. The first-order valence-corrected chi connectivity index (χ1v) is 9.44. The number of nitrogens with zero attached hydrogens (tertiary/aromatic N) is 2. The molecule has 1 heterocycles. The van der Waals surface area contributed by atoms with Gasteiger partial charge in [-0.25, -0.2) is 4.98 Å². The molecular formula is C18H15BrN2O3S. The second kappa shape index (κ2) is 7.84. The molecule has 0 fully saturated rings. The summed E-state index contributed by atoms with van der Waals surface area (Å²) in [5, 5.41) is 0.970. The number of hydrogen-bond acceptors (Lipinski definition) is 5. The van der Waals surface area contributed by atoms with Gasteiger partial charge in [-0.3, -0.25) is 14.2 Å². The smallest absolute Gasteiger partial charge is 0.316 e. The monoisotopic (exact) mass is 418 g/mol. The van der Waals surface area contributed by atoms with Crippen molar-refractivity contribution in [3.8, 4) is 5.69 Å². The van der Waals surface area contributed by atoms with Crippen LogP contribution in [0.15, 0.2) is 63.0 Å². The van der Waals surface area contributed by atoms with Crippen LogP contribution in [0.25, 0.3) is 16.6 Å². The molecule has 7 heteroatoms. The Balaban J connectivity index is 2.14. The van der Waals surface area contributed by atoms with E-state index in [1.807, 2.05) is 36.4 Å². The van der Waals surface area contributed by atoms with Gasteiger partial charge >= 0.3 is 5.97 Å². The topological polar surface area (TPSA) is 61.2 Å². The number of carbonyl (C=O) groups excluding carboxylic acids is 1. The summed E-state index contributed by atoms with van der Waals surface area (Å²) in [7, 11) is 0. The molecule has 0 aliphatic heterocycles. The van der Waals surface area contributed by atoms with Crippen molar-refractivity contribution in [3.05, 3.63) is 63.4 Å². The minimum atomic E-state index is -0.336. The number of benzene rings is 2. The number of hydrogen-bond donors (Lipinski definition) is 0. The molecule has 128 valence electrons. The summed E-state index contributed by atoms with van der Waals surface area (Å²) >= 11 is 4.58. The molecule has 25 heavy (non-hydrogen) atoms. The summed E-state index contributed by atoms with van der Waals surface area (Å²) in [5.41, 5.74) is 1.11. The van der Waals surface area contributed by atoms with Crippen molar-refractivity contribution in [2.24, 2.45) is 0 Å². The zero-order valence-electron chi connectivity index (χ0n) is 13.4. The van der Waals surface area contributed by atoms with E-state index in [0.717, 1.165) is 4.47 Å². The van der Waals surface area contributed by atoms with Crippen LogP contribution in [-0.4, -0.2) is 27.9 Å². The first kappa shape index (κ1) is 17.7. The summed E-state index contributed by atoms with van der Waals surface area (Å²) in [6.45, 7) is 2.08. The lowest BCUT2D eigenvalue weighted by Crippen LogP contribution is -2.22. The second-order valence-corrected chi connectivity index (χ2v) is 6.98. The number of halogens is 1. The Morgan fingerprint density at radius 1 is 1.24 bits per heavy atom. The number of rotatable bonds is 5. The Morgan fingerprint density at radius 2 is 2.00 bits per heavy atom. The molecule has 0 saturated heterocycles. The van der Waals surface area contributed by atoms with Gasteiger partial charge < -0.3 is 4.74 Å². The van der Waals surface area contributed by atoms with Crippen LogP contribution >= 0.6 is 27.7 Å². The fraction of sp³-hybridized carbons (Fsp3) is 0.167. The van der Waals surface area contributed by atoms with Gasteiger partial charge in [0.25, 0.3) is 5.56 Å². The highest BCUT2D eigenvalue weighted by molar-refractivity contribution is 9.10. The van der Waals surface area contributed by atoms with Crippen molar-refractivity contribution in [1.29, 1.82) is 0 Å². The molecule has 1 aromatic heterocycles. The van der Waals surface area contributed by atoms with Crippen molar-refractivity contribution in [2.45, 2.75) is 12.1 Å². The number of para-hydroxylation sites is 1. The van der Waals surface area contributed by atoms with E-state index in [-0.39, 0.29) is 17.3 Å². The van der Waals surface area contributed by atoms with Gasteiger partial charge in [-0.05, 0) is 37.3 Å². The van der Waals surface area contributed by atoms with Crippen molar-refractivity contribution in [2.75, 3.05) is 12.4 Å². The fourth-order valence-corrected chi connectivity index (χ4v) is 3.54. The van der Waals surface area contributed by atoms with Crippen LogP contribution in [0, 0.1) is 0 Å². The summed E-state index contributed by atoms with van der Waals surface area (Å²) < 4.78 is 7.30. The van der Waals surface area contributed by atoms with E-state index in [2.05, 4.69) is 20.9 Å². The number of thioether (sulfide) groups is 1. The van der Waals surface area contributed by atoms with Crippen LogP contribution in [0.2, 0.25) is 0 Å². The van der Waals surface area contributed by atoms with Crippen LogP contribution < -0.4 is 5.56 Å². The third kappa shape index (κ3) is 3.93. The molecule has 3 rings (SSSR count). The number of aromatic nitrogens is 2. The predicted molar refractivity (Wildman–Crippen MR) is 102 cm³/mol. The quantitative estimate of drug-likeness (QED) is 0.358. The van der Waals surface area contributed by atoms with Gasteiger partial charge in [0, 0.05) is 4.47 Å². The van der Waals surface area contributed by atoms with Gasteiger partial charge in [-0.15, -0.1) is 0 Å². The fourth-order valence-electron chi connectivity index (χ4n) is 2.37. The lowest BCUT2D eigenvalue weighted by molar-refractivity contribution is -0.139. The van der Waals surface area contributed by atoms with Crippen LogP contribution in [-0.2, 0) is 9.53 Å². The maximum atomic E-state index is 13.0. The Hall–Kier alpha value is -2.12. The van der Waals surface area contributed by atoms with Crippen molar-refractivity contribution < 1.29 is 9.53 Å². The minimum Gasteiger partial charge on any atom is -0.465 e. The summed E-state index contributed by atoms with van der Waals surface area (Å²) in [4.78, 5) is 29.3. The molecule has 0 bridgehead atoms. The first-order valence-electron chi connectivity index (χ1n) is 7.66. The second-order valence-electron chi connectivity index (χ2n) is 5.13. The number of carbonyl (C=O) groups is 1. The van der Waals surface area contributed by atoms with Gasteiger partial charge in [0.05, 0.1) is 29.0 Å². The first-order chi connectivity index (χ1) is 12.1. The molecule has 3 aromatic rings. The molecule has 0 radical (unpaired) electrons. The number of ether oxygens (including phenoxy) is 1. The molecule has 0 saturated carbocycles. The van der Waals surface area contributed by atoms with Gasteiger partial charge in [0.1, 0.15) is 0 Å². The minimum absolute atomic E-state index is 0.0924. The van der Waals surface area contributed by atoms with E-state index < -0.39 is 0 Å². The highest BCUT2D eigenvalue weighted by atomic mass is 79.9. The van der Waals surface area contributed by atoms with Crippen LogP contribution in [0.3, 0.4) is 0 Å². The molecule has 0 atom stereocenters. The molecule has 2 aromatic carbocycles. The molecule has 0 spiro atoms. The van der Waals surface area contributed by atoms with Gasteiger partial charge in [0.2, 0.25) is 0 Å². The van der Waals surface area contributed by atoms with Gasteiger partial charge in [-0.1, -0.05) is 45.9 Å². The van der Waals surface area contributed by atoms with Gasteiger partial charge in [0.15, 0.2) is 5.16 Å². The van der Waals surface area contributed by atoms with E-state index in [1.165, 1.54) is 16.3 Å². The van der Waals surface area contributed by atoms with E-state index in [1.54, 1.807) is 19.1 Å². The molecular weight excluding hydrogens is 404 g/mol. The highest BCUT2D eigenvalue weighted by Crippen LogP contribution is 2.23. The van der Waals surface area contributed by atoms with Crippen LogP contribution in [0.1, 0.15) is 6.92 Å². The van der Waals surface area contributed by atoms with Crippen molar-refractivity contribution in [3.63, 3.8) is 0 Å². The molecule has 0 N–H and O–H groups in total. The van der Waals surface area contributed by atoms with Crippen molar-refractivity contribution in [1.82, 2.24) is 9.55 Å². The third-order valence-electron chi connectivity index (χ3n) is 3.44. The zero-order valence-corrected chi connectivity index (χ0v) is 15.8. The maximum absolute atomic E-state index is 13.0. The largest absolute Gasteiger partial charge is 0.465 e. The highest BCUT2D eigenvalue weighted by Gasteiger charge is 2.15. The van der Waals surface area contributed by atoms with Crippen molar-refractivity contribution >= 4 is 44.6 Å².